The van der Waals surface area contributed by atoms with Gasteiger partial charge in [0.15, 0.2) is 0 Å². The Morgan fingerprint density at radius 2 is 2.35 bits per heavy atom. The van der Waals surface area contributed by atoms with Crippen LogP contribution in [0.3, 0.4) is 0 Å². The molecule has 1 N–H and O–H groups in total. The number of hydrogen-bond acceptors (Lipinski definition) is 3. The van der Waals surface area contributed by atoms with Crippen LogP contribution in [0.4, 0.5) is 0 Å². The maximum absolute atomic E-state index is 5.13. The lowest BCUT2D eigenvalue weighted by Gasteiger charge is -2.17. The van der Waals surface area contributed by atoms with Gasteiger partial charge in [-0.1, -0.05) is 6.92 Å². The number of halogens is 1. The lowest BCUT2D eigenvalue weighted by atomic mass is 10.1. The Hall–Kier alpha value is -0.580. The molecule has 0 bridgehead atoms. The van der Waals surface area contributed by atoms with Crippen molar-refractivity contribution >= 4 is 27.3 Å². The molecular formula is C13H16BrNOS. The van der Waals surface area contributed by atoms with E-state index in [1.807, 2.05) is 12.3 Å². The summed E-state index contributed by atoms with van der Waals surface area (Å²) in [7, 11) is 0. The van der Waals surface area contributed by atoms with E-state index in [9.17, 15) is 0 Å². The van der Waals surface area contributed by atoms with Gasteiger partial charge in [0.25, 0.3) is 0 Å². The summed E-state index contributed by atoms with van der Waals surface area (Å²) in [6.45, 7) is 3.22. The molecule has 4 heteroatoms. The van der Waals surface area contributed by atoms with E-state index in [1.165, 1.54) is 14.9 Å². The Morgan fingerprint density at radius 1 is 1.47 bits per heavy atom. The molecule has 2 aromatic rings. The minimum Gasteiger partial charge on any atom is -0.472 e. The third-order valence-electron chi connectivity index (χ3n) is 2.62. The zero-order valence-electron chi connectivity index (χ0n) is 9.78. The summed E-state index contributed by atoms with van der Waals surface area (Å²) in [6, 6.07) is 4.50. The van der Waals surface area contributed by atoms with Crippen LogP contribution in [0, 0.1) is 0 Å². The van der Waals surface area contributed by atoms with Gasteiger partial charge in [0, 0.05) is 15.4 Å². The Labute approximate surface area is 114 Å². The van der Waals surface area contributed by atoms with Crippen molar-refractivity contribution in [3.8, 4) is 0 Å². The second-order valence-electron chi connectivity index (χ2n) is 3.98. The molecule has 0 spiro atoms. The van der Waals surface area contributed by atoms with E-state index in [0.29, 0.717) is 6.04 Å². The van der Waals surface area contributed by atoms with E-state index < -0.39 is 0 Å². The molecule has 1 atom stereocenters. The summed E-state index contributed by atoms with van der Waals surface area (Å²) < 4.78 is 6.33. The third kappa shape index (κ3) is 3.44. The van der Waals surface area contributed by atoms with Crippen molar-refractivity contribution in [2.24, 2.45) is 0 Å². The maximum Gasteiger partial charge on any atom is 0.0935 e. The molecule has 0 amide bonds. The summed E-state index contributed by atoms with van der Waals surface area (Å²) >= 11 is 5.40. The molecule has 0 fully saturated rings. The van der Waals surface area contributed by atoms with Crippen molar-refractivity contribution in [1.29, 1.82) is 0 Å². The van der Waals surface area contributed by atoms with Gasteiger partial charge in [0.05, 0.1) is 12.5 Å². The highest BCUT2D eigenvalue weighted by Gasteiger charge is 2.16. The normalized spacial score (nSPS) is 12.8. The number of hydrogen-bond donors (Lipinski definition) is 1. The highest BCUT2D eigenvalue weighted by atomic mass is 79.9. The smallest absolute Gasteiger partial charge is 0.0935 e. The van der Waals surface area contributed by atoms with Crippen LogP contribution < -0.4 is 5.32 Å². The van der Waals surface area contributed by atoms with Crippen molar-refractivity contribution in [2.45, 2.75) is 25.8 Å². The first-order valence-corrected chi connectivity index (χ1v) is 7.46. The van der Waals surface area contributed by atoms with Crippen LogP contribution in [0.5, 0.6) is 0 Å². The van der Waals surface area contributed by atoms with E-state index >= 15 is 0 Å². The molecule has 2 heterocycles. The topological polar surface area (TPSA) is 25.2 Å². The van der Waals surface area contributed by atoms with Gasteiger partial charge in [0.1, 0.15) is 0 Å². The molecule has 2 aromatic heterocycles. The van der Waals surface area contributed by atoms with Crippen molar-refractivity contribution in [3.05, 3.63) is 45.0 Å². The monoisotopic (exact) mass is 313 g/mol. The summed E-state index contributed by atoms with van der Waals surface area (Å²) in [6.07, 6.45) is 5.66. The Balaban J connectivity index is 2.11. The van der Waals surface area contributed by atoms with Crippen LogP contribution in [-0.4, -0.2) is 6.54 Å². The second-order valence-corrected chi connectivity index (χ2v) is 5.78. The van der Waals surface area contributed by atoms with Crippen LogP contribution in [-0.2, 0) is 6.42 Å². The summed E-state index contributed by atoms with van der Waals surface area (Å²) in [5.41, 5.74) is 1.24. The molecule has 92 valence electrons. The molecule has 0 aliphatic heterocycles. The molecule has 0 radical (unpaired) electrons. The predicted octanol–water partition coefficient (Wildman–Crippen LogP) is 4.39. The van der Waals surface area contributed by atoms with E-state index in [4.69, 9.17) is 4.42 Å². The minimum atomic E-state index is 0.363. The highest BCUT2D eigenvalue weighted by Crippen LogP contribution is 2.31. The minimum absolute atomic E-state index is 0.363. The summed E-state index contributed by atoms with van der Waals surface area (Å²) in [5.74, 6) is 0. The van der Waals surface area contributed by atoms with E-state index in [2.05, 4.69) is 39.6 Å². The Bertz CT molecular complexity index is 438. The van der Waals surface area contributed by atoms with Gasteiger partial charge in [-0.05, 0) is 58.4 Å². The fourth-order valence-electron chi connectivity index (χ4n) is 1.77. The van der Waals surface area contributed by atoms with Crippen molar-refractivity contribution in [2.75, 3.05) is 6.54 Å². The van der Waals surface area contributed by atoms with Gasteiger partial charge >= 0.3 is 0 Å². The first-order valence-electron chi connectivity index (χ1n) is 5.78. The molecule has 0 saturated carbocycles. The lowest BCUT2D eigenvalue weighted by molar-refractivity contribution is 0.525. The number of nitrogens with one attached hydrogen (secondary N) is 1. The predicted molar refractivity (Wildman–Crippen MR) is 75.5 cm³/mol. The molecule has 0 aliphatic rings. The summed E-state index contributed by atoms with van der Waals surface area (Å²) in [4.78, 5) is 1.36. The van der Waals surface area contributed by atoms with E-state index in [1.54, 1.807) is 17.6 Å². The van der Waals surface area contributed by atoms with Crippen molar-refractivity contribution in [3.63, 3.8) is 0 Å². The average molecular weight is 314 g/mol. The quantitative estimate of drug-likeness (QED) is 0.855. The second kappa shape index (κ2) is 6.38. The molecule has 1 unspecified atom stereocenters. The van der Waals surface area contributed by atoms with Crippen LogP contribution in [0.25, 0.3) is 0 Å². The molecular weight excluding hydrogens is 298 g/mol. The zero-order chi connectivity index (χ0) is 12.1. The van der Waals surface area contributed by atoms with Crippen molar-refractivity contribution < 1.29 is 4.42 Å². The van der Waals surface area contributed by atoms with Crippen molar-refractivity contribution in [1.82, 2.24) is 5.32 Å². The number of furan rings is 1. The Morgan fingerprint density at radius 3 is 2.94 bits per heavy atom. The van der Waals surface area contributed by atoms with Gasteiger partial charge in [-0.15, -0.1) is 11.3 Å². The van der Waals surface area contributed by atoms with Gasteiger partial charge in [0.2, 0.25) is 0 Å². The molecule has 0 aromatic carbocycles. The van der Waals surface area contributed by atoms with E-state index in [0.717, 1.165) is 19.4 Å². The zero-order valence-corrected chi connectivity index (χ0v) is 12.2. The molecule has 2 nitrogen and oxygen atoms in total. The van der Waals surface area contributed by atoms with Crippen LogP contribution in [0.2, 0.25) is 0 Å². The Kier molecular flexibility index (Phi) is 4.83. The number of thiophene rings is 1. The van der Waals surface area contributed by atoms with Gasteiger partial charge in [-0.3, -0.25) is 0 Å². The van der Waals surface area contributed by atoms with E-state index in [-0.39, 0.29) is 0 Å². The highest BCUT2D eigenvalue weighted by molar-refractivity contribution is 9.10. The first-order chi connectivity index (χ1) is 8.31. The first kappa shape index (κ1) is 12.9. The van der Waals surface area contributed by atoms with Crippen LogP contribution >= 0.6 is 27.3 Å². The molecule has 2 rings (SSSR count). The largest absolute Gasteiger partial charge is 0.472 e. The lowest BCUT2D eigenvalue weighted by Crippen LogP contribution is -2.23. The number of rotatable bonds is 6. The fourth-order valence-corrected chi connectivity index (χ4v) is 3.50. The third-order valence-corrected chi connectivity index (χ3v) is 4.61. The van der Waals surface area contributed by atoms with Gasteiger partial charge in [-0.2, -0.15) is 0 Å². The van der Waals surface area contributed by atoms with Crippen LogP contribution in [0.1, 0.15) is 29.8 Å². The molecule has 0 aliphatic carbocycles. The maximum atomic E-state index is 5.13. The summed E-state index contributed by atoms with van der Waals surface area (Å²) in [5, 5.41) is 5.71. The molecule has 17 heavy (non-hydrogen) atoms. The van der Waals surface area contributed by atoms with Gasteiger partial charge < -0.3 is 9.73 Å². The molecule has 0 saturated heterocycles. The SMILES string of the molecule is CCCNC(Cc1ccoc1)c1sccc1Br. The van der Waals surface area contributed by atoms with Gasteiger partial charge in [-0.25, -0.2) is 0 Å². The average Bonchev–Trinajstić information content (AvgIpc) is 2.95. The standard InChI is InChI=1S/C13H16BrNOS/c1-2-5-15-12(8-10-3-6-16-9-10)13-11(14)4-7-17-13/h3-4,6-7,9,12,15H,2,5,8H2,1H3. The fraction of sp³-hybridized carbons (Fsp3) is 0.385. The van der Waals surface area contributed by atoms with Crippen LogP contribution in [0.15, 0.2) is 38.9 Å².